The Balaban J connectivity index is 3.05. The molecule has 0 saturated carbocycles. The van der Waals surface area contributed by atoms with Crippen molar-refractivity contribution < 1.29 is 23.1 Å². The van der Waals surface area contributed by atoms with Gasteiger partial charge in [0.25, 0.3) is 0 Å². The van der Waals surface area contributed by atoms with E-state index in [2.05, 4.69) is 9.46 Å². The van der Waals surface area contributed by atoms with Crippen LogP contribution in [0.25, 0.3) is 0 Å². The molecule has 0 aliphatic rings. The number of carbonyl (C=O) groups is 1. The van der Waals surface area contributed by atoms with Crippen molar-refractivity contribution in [3.8, 4) is 5.75 Å². The van der Waals surface area contributed by atoms with E-state index in [1.54, 1.807) is 0 Å². The fourth-order valence-corrected chi connectivity index (χ4v) is 2.99. The van der Waals surface area contributed by atoms with Crippen molar-refractivity contribution in [1.82, 2.24) is 4.72 Å². The standard InChI is InChI=1S/C13H20N2O5S/c1-8(2)6-11(13(17)20-3)15-21(18,19)9-4-5-12(16)10(14)7-9/h4-5,7-8,11,15-16H,6,14H2,1-3H3. The van der Waals surface area contributed by atoms with Crippen molar-refractivity contribution in [3.05, 3.63) is 18.2 Å². The number of phenolic OH excluding ortho intramolecular Hbond substituents is 1. The minimum absolute atomic E-state index is 0.0589. The molecule has 0 heterocycles. The summed E-state index contributed by atoms with van der Waals surface area (Å²) >= 11 is 0. The summed E-state index contributed by atoms with van der Waals surface area (Å²) in [5, 5.41) is 9.32. The monoisotopic (exact) mass is 316 g/mol. The van der Waals surface area contributed by atoms with Crippen molar-refractivity contribution in [2.75, 3.05) is 12.8 Å². The summed E-state index contributed by atoms with van der Waals surface area (Å²) in [7, 11) is -2.74. The highest BCUT2D eigenvalue weighted by atomic mass is 32.2. The number of methoxy groups -OCH3 is 1. The summed E-state index contributed by atoms with van der Waals surface area (Å²) in [5.41, 5.74) is 5.42. The van der Waals surface area contributed by atoms with Gasteiger partial charge in [-0.25, -0.2) is 8.42 Å². The predicted octanol–water partition coefficient (Wildman–Crippen LogP) is 0.840. The van der Waals surface area contributed by atoms with Gasteiger partial charge in [-0.05, 0) is 30.5 Å². The number of nitrogens with two attached hydrogens (primary N) is 1. The third-order valence-corrected chi connectivity index (χ3v) is 4.27. The summed E-state index contributed by atoms with van der Waals surface area (Å²) in [6.07, 6.45) is 0.305. The maximum Gasteiger partial charge on any atom is 0.323 e. The van der Waals surface area contributed by atoms with Gasteiger partial charge in [-0.15, -0.1) is 0 Å². The number of sulfonamides is 1. The number of aromatic hydroxyl groups is 1. The van der Waals surface area contributed by atoms with Crippen LogP contribution >= 0.6 is 0 Å². The van der Waals surface area contributed by atoms with E-state index in [1.165, 1.54) is 19.2 Å². The summed E-state index contributed by atoms with van der Waals surface area (Å²) in [5.74, 6) is -0.763. The van der Waals surface area contributed by atoms with Crippen LogP contribution < -0.4 is 10.5 Å². The Morgan fingerprint density at radius 2 is 2.05 bits per heavy atom. The summed E-state index contributed by atoms with van der Waals surface area (Å²) in [6, 6.07) is 2.54. The molecule has 0 fully saturated rings. The predicted molar refractivity (Wildman–Crippen MR) is 78.1 cm³/mol. The molecule has 0 bridgehead atoms. The average molecular weight is 316 g/mol. The van der Waals surface area contributed by atoms with Crippen molar-refractivity contribution in [1.29, 1.82) is 0 Å². The molecular weight excluding hydrogens is 296 g/mol. The molecule has 118 valence electrons. The van der Waals surface area contributed by atoms with Gasteiger partial charge in [0.1, 0.15) is 11.8 Å². The Labute approximate surface area is 124 Å². The maximum atomic E-state index is 12.3. The Morgan fingerprint density at radius 3 is 2.52 bits per heavy atom. The van der Waals surface area contributed by atoms with E-state index in [0.29, 0.717) is 6.42 Å². The number of anilines is 1. The third kappa shape index (κ3) is 4.61. The van der Waals surface area contributed by atoms with Gasteiger partial charge in [0, 0.05) is 0 Å². The van der Waals surface area contributed by atoms with E-state index in [9.17, 15) is 18.3 Å². The molecule has 21 heavy (non-hydrogen) atoms. The first-order valence-corrected chi connectivity index (χ1v) is 7.84. The molecule has 0 aliphatic carbocycles. The van der Waals surface area contributed by atoms with Gasteiger partial charge in [-0.1, -0.05) is 13.8 Å². The molecule has 1 rings (SSSR count). The highest BCUT2D eigenvalue weighted by Crippen LogP contribution is 2.23. The summed E-state index contributed by atoms with van der Waals surface area (Å²) in [6.45, 7) is 3.73. The topological polar surface area (TPSA) is 119 Å². The van der Waals surface area contributed by atoms with Gasteiger partial charge < -0.3 is 15.6 Å². The molecule has 0 spiro atoms. The number of nitrogens with one attached hydrogen (secondary N) is 1. The van der Waals surface area contributed by atoms with Crippen LogP contribution in [0.4, 0.5) is 5.69 Å². The Bertz CT molecular complexity index is 613. The van der Waals surface area contributed by atoms with Crippen LogP contribution in [0.2, 0.25) is 0 Å². The summed E-state index contributed by atoms with van der Waals surface area (Å²) < 4.78 is 31.4. The summed E-state index contributed by atoms with van der Waals surface area (Å²) in [4.78, 5) is 11.5. The molecule has 0 saturated heterocycles. The number of esters is 1. The van der Waals surface area contributed by atoms with Gasteiger partial charge in [0.2, 0.25) is 10.0 Å². The number of ether oxygens (including phenoxy) is 1. The van der Waals surface area contributed by atoms with E-state index in [1.807, 2.05) is 13.8 Å². The van der Waals surface area contributed by atoms with Crippen LogP contribution in [0.15, 0.2) is 23.1 Å². The van der Waals surface area contributed by atoms with Crippen molar-refractivity contribution in [2.24, 2.45) is 5.92 Å². The fraction of sp³-hybridized carbons (Fsp3) is 0.462. The molecule has 4 N–H and O–H groups in total. The lowest BCUT2D eigenvalue weighted by atomic mass is 10.1. The molecule has 1 atom stereocenters. The van der Waals surface area contributed by atoms with Crippen LogP contribution in [-0.4, -0.2) is 32.6 Å². The molecule has 1 aromatic carbocycles. The maximum absolute atomic E-state index is 12.3. The molecular formula is C13H20N2O5S. The van der Waals surface area contributed by atoms with Crippen LogP contribution in [0.5, 0.6) is 5.75 Å². The fourth-order valence-electron chi connectivity index (χ4n) is 1.76. The average Bonchev–Trinajstić information content (AvgIpc) is 2.39. The van der Waals surface area contributed by atoms with Gasteiger partial charge in [-0.2, -0.15) is 4.72 Å². The number of hydrogen-bond acceptors (Lipinski definition) is 6. The Hall–Kier alpha value is -1.80. The number of hydrogen-bond donors (Lipinski definition) is 3. The molecule has 0 amide bonds. The SMILES string of the molecule is COC(=O)C(CC(C)C)NS(=O)(=O)c1ccc(O)c(N)c1. The first-order valence-electron chi connectivity index (χ1n) is 6.36. The van der Waals surface area contributed by atoms with Crippen LogP contribution in [0.3, 0.4) is 0 Å². The third-order valence-electron chi connectivity index (χ3n) is 2.80. The highest BCUT2D eigenvalue weighted by Gasteiger charge is 2.27. The quantitative estimate of drug-likeness (QED) is 0.406. The van der Waals surface area contributed by atoms with Gasteiger partial charge in [0.05, 0.1) is 17.7 Å². The molecule has 7 nitrogen and oxygen atoms in total. The van der Waals surface area contributed by atoms with Gasteiger partial charge >= 0.3 is 5.97 Å². The van der Waals surface area contributed by atoms with E-state index in [-0.39, 0.29) is 22.3 Å². The van der Waals surface area contributed by atoms with Crippen molar-refractivity contribution in [3.63, 3.8) is 0 Å². The van der Waals surface area contributed by atoms with E-state index < -0.39 is 22.0 Å². The van der Waals surface area contributed by atoms with Crippen LogP contribution in [0, 0.1) is 5.92 Å². The van der Waals surface area contributed by atoms with E-state index >= 15 is 0 Å². The molecule has 0 aromatic heterocycles. The second kappa shape index (κ2) is 6.77. The first kappa shape index (κ1) is 17.3. The molecule has 0 aliphatic heterocycles. The first-order chi connectivity index (χ1) is 9.67. The smallest absolute Gasteiger partial charge is 0.323 e. The lowest BCUT2D eigenvalue weighted by Crippen LogP contribution is -2.42. The van der Waals surface area contributed by atoms with Crippen LogP contribution in [0.1, 0.15) is 20.3 Å². The zero-order valence-corrected chi connectivity index (χ0v) is 13.0. The minimum atomic E-state index is -3.94. The van der Waals surface area contributed by atoms with E-state index in [4.69, 9.17) is 5.73 Å². The largest absolute Gasteiger partial charge is 0.506 e. The zero-order valence-electron chi connectivity index (χ0n) is 12.2. The van der Waals surface area contributed by atoms with Crippen molar-refractivity contribution in [2.45, 2.75) is 31.2 Å². The minimum Gasteiger partial charge on any atom is -0.506 e. The lowest BCUT2D eigenvalue weighted by molar-refractivity contribution is -0.143. The number of benzene rings is 1. The number of carbonyl (C=O) groups excluding carboxylic acids is 1. The second-order valence-corrected chi connectivity index (χ2v) is 6.76. The van der Waals surface area contributed by atoms with Gasteiger partial charge in [0.15, 0.2) is 0 Å². The molecule has 8 heteroatoms. The lowest BCUT2D eigenvalue weighted by Gasteiger charge is -2.18. The number of phenols is 1. The molecule has 0 radical (unpaired) electrons. The second-order valence-electron chi connectivity index (χ2n) is 5.05. The van der Waals surface area contributed by atoms with E-state index in [0.717, 1.165) is 6.07 Å². The highest BCUT2D eigenvalue weighted by molar-refractivity contribution is 7.89. The number of nitrogen functional groups attached to an aromatic ring is 1. The Morgan fingerprint density at radius 1 is 1.43 bits per heavy atom. The normalized spacial score (nSPS) is 13.1. The Kier molecular flexibility index (Phi) is 5.56. The van der Waals surface area contributed by atoms with Crippen molar-refractivity contribution >= 4 is 21.7 Å². The van der Waals surface area contributed by atoms with Gasteiger partial charge in [-0.3, -0.25) is 4.79 Å². The number of rotatable bonds is 6. The molecule has 1 aromatic rings. The van der Waals surface area contributed by atoms with Crippen LogP contribution in [-0.2, 0) is 19.6 Å². The molecule has 1 unspecified atom stereocenters. The zero-order chi connectivity index (χ0) is 16.2.